The van der Waals surface area contributed by atoms with E-state index < -0.39 is 0 Å². The minimum absolute atomic E-state index is 0.0820. The van der Waals surface area contributed by atoms with Gasteiger partial charge < -0.3 is 10.6 Å². The molecule has 3 rings (SSSR count). The number of amides is 2. The van der Waals surface area contributed by atoms with E-state index in [0.717, 1.165) is 34.7 Å². The Morgan fingerprint density at radius 2 is 1.84 bits per heavy atom. The summed E-state index contributed by atoms with van der Waals surface area (Å²) < 4.78 is 0. The first-order valence-corrected chi connectivity index (χ1v) is 9.48. The Morgan fingerprint density at radius 1 is 1.12 bits per heavy atom. The quantitative estimate of drug-likeness (QED) is 0.719. The average Bonchev–Trinajstić information content (AvgIpc) is 3.43. The van der Waals surface area contributed by atoms with Crippen LogP contribution in [-0.4, -0.2) is 17.6 Å². The molecule has 130 valence electrons. The van der Waals surface area contributed by atoms with Crippen molar-refractivity contribution in [3.8, 4) is 0 Å². The molecule has 0 bridgehead atoms. The third-order valence-electron chi connectivity index (χ3n) is 3.98. The summed E-state index contributed by atoms with van der Waals surface area (Å²) in [5, 5.41) is 6.41. The lowest BCUT2D eigenvalue weighted by molar-refractivity contribution is -0.117. The van der Waals surface area contributed by atoms with Crippen LogP contribution >= 0.6 is 23.4 Å². The number of thioether (sulfide) groups is 1. The molecular weight excluding hydrogens is 356 g/mol. The van der Waals surface area contributed by atoms with Gasteiger partial charge in [-0.3, -0.25) is 9.59 Å². The van der Waals surface area contributed by atoms with Gasteiger partial charge in [-0.15, -0.1) is 11.8 Å². The fourth-order valence-corrected chi connectivity index (χ4v) is 3.18. The molecule has 25 heavy (non-hydrogen) atoms. The van der Waals surface area contributed by atoms with E-state index in [4.69, 9.17) is 11.6 Å². The number of carbonyl (C=O) groups is 2. The Balaban J connectivity index is 1.50. The van der Waals surface area contributed by atoms with Crippen molar-refractivity contribution in [2.75, 3.05) is 16.4 Å². The SMILES string of the molecule is Cc1c(Cl)cccc1NC(=O)CSc1ccc(NC(=O)C2CC2)cc1. The highest BCUT2D eigenvalue weighted by Crippen LogP contribution is 2.30. The molecule has 2 amide bonds. The van der Waals surface area contributed by atoms with Crippen molar-refractivity contribution < 1.29 is 9.59 Å². The second-order valence-corrected chi connectivity index (χ2v) is 7.49. The van der Waals surface area contributed by atoms with Gasteiger partial charge in [0, 0.05) is 27.2 Å². The molecule has 1 saturated carbocycles. The smallest absolute Gasteiger partial charge is 0.234 e. The van der Waals surface area contributed by atoms with Crippen molar-refractivity contribution in [1.29, 1.82) is 0 Å². The maximum Gasteiger partial charge on any atom is 0.234 e. The van der Waals surface area contributed by atoms with E-state index in [1.807, 2.05) is 43.3 Å². The van der Waals surface area contributed by atoms with Gasteiger partial charge in [0.25, 0.3) is 0 Å². The highest BCUT2D eigenvalue weighted by atomic mass is 35.5. The van der Waals surface area contributed by atoms with E-state index in [-0.39, 0.29) is 17.7 Å². The summed E-state index contributed by atoms with van der Waals surface area (Å²) in [5.74, 6) is 0.505. The molecule has 1 aliphatic carbocycles. The zero-order valence-electron chi connectivity index (χ0n) is 13.8. The maximum absolute atomic E-state index is 12.1. The topological polar surface area (TPSA) is 58.2 Å². The summed E-state index contributed by atoms with van der Waals surface area (Å²) in [6, 6.07) is 13.0. The van der Waals surface area contributed by atoms with Crippen molar-refractivity contribution in [2.45, 2.75) is 24.7 Å². The monoisotopic (exact) mass is 374 g/mol. The summed E-state index contributed by atoms with van der Waals surface area (Å²) in [6.45, 7) is 1.87. The Kier molecular flexibility index (Phi) is 5.66. The van der Waals surface area contributed by atoms with Crippen LogP contribution in [0.5, 0.6) is 0 Å². The fourth-order valence-electron chi connectivity index (χ4n) is 2.30. The van der Waals surface area contributed by atoms with Crippen molar-refractivity contribution in [2.24, 2.45) is 5.92 Å². The van der Waals surface area contributed by atoms with Crippen molar-refractivity contribution >= 4 is 46.6 Å². The number of carbonyl (C=O) groups excluding carboxylic acids is 2. The predicted octanol–water partition coefficient (Wildman–Crippen LogP) is 4.73. The van der Waals surface area contributed by atoms with Gasteiger partial charge >= 0.3 is 0 Å². The Labute approximate surface area is 156 Å². The summed E-state index contributed by atoms with van der Waals surface area (Å²) >= 11 is 7.50. The van der Waals surface area contributed by atoms with E-state index in [1.54, 1.807) is 6.07 Å². The van der Waals surface area contributed by atoms with Crippen LogP contribution in [-0.2, 0) is 9.59 Å². The van der Waals surface area contributed by atoms with Gasteiger partial charge in [-0.1, -0.05) is 17.7 Å². The molecule has 0 aliphatic heterocycles. The van der Waals surface area contributed by atoms with Gasteiger partial charge in [0.15, 0.2) is 0 Å². The van der Waals surface area contributed by atoms with E-state index in [1.165, 1.54) is 11.8 Å². The zero-order valence-corrected chi connectivity index (χ0v) is 15.4. The molecule has 0 atom stereocenters. The molecule has 2 aromatic carbocycles. The molecular formula is C19H19ClN2O2S. The van der Waals surface area contributed by atoms with Crippen molar-refractivity contribution in [3.63, 3.8) is 0 Å². The first kappa shape index (κ1) is 17.8. The lowest BCUT2D eigenvalue weighted by Crippen LogP contribution is -2.15. The van der Waals surface area contributed by atoms with Gasteiger partial charge in [0.1, 0.15) is 0 Å². The average molecular weight is 375 g/mol. The van der Waals surface area contributed by atoms with Crippen molar-refractivity contribution in [3.05, 3.63) is 53.1 Å². The molecule has 0 saturated heterocycles. The maximum atomic E-state index is 12.1. The molecule has 6 heteroatoms. The molecule has 2 aromatic rings. The third kappa shape index (κ3) is 5.00. The number of rotatable bonds is 6. The normalized spacial score (nSPS) is 13.4. The highest BCUT2D eigenvalue weighted by molar-refractivity contribution is 8.00. The van der Waals surface area contributed by atoms with Gasteiger partial charge in [-0.05, 0) is 61.7 Å². The fraction of sp³-hybridized carbons (Fsp3) is 0.263. The molecule has 0 heterocycles. The Hall–Kier alpha value is -1.98. The standard InChI is InChI=1S/C19H19ClN2O2S/c1-12-16(20)3-2-4-17(12)22-18(23)11-25-15-9-7-14(8-10-15)21-19(24)13-5-6-13/h2-4,7-10,13H,5-6,11H2,1H3,(H,21,24)(H,22,23). The summed E-state index contributed by atoms with van der Waals surface area (Å²) in [4.78, 5) is 24.8. The van der Waals surface area contributed by atoms with Crippen LogP contribution in [0, 0.1) is 12.8 Å². The number of hydrogen-bond acceptors (Lipinski definition) is 3. The molecule has 0 radical (unpaired) electrons. The van der Waals surface area contributed by atoms with E-state index >= 15 is 0 Å². The predicted molar refractivity (Wildman–Crippen MR) is 103 cm³/mol. The Bertz CT molecular complexity index is 789. The lowest BCUT2D eigenvalue weighted by atomic mass is 10.2. The number of hydrogen-bond donors (Lipinski definition) is 2. The minimum atomic E-state index is -0.0820. The van der Waals surface area contributed by atoms with Crippen LogP contribution in [0.15, 0.2) is 47.4 Å². The van der Waals surface area contributed by atoms with E-state index in [9.17, 15) is 9.59 Å². The lowest BCUT2D eigenvalue weighted by Gasteiger charge is -2.09. The molecule has 1 fully saturated rings. The molecule has 0 aromatic heterocycles. The first-order chi connectivity index (χ1) is 12.0. The summed E-state index contributed by atoms with van der Waals surface area (Å²) in [7, 11) is 0. The molecule has 2 N–H and O–H groups in total. The van der Waals surface area contributed by atoms with Crippen LogP contribution in [0.3, 0.4) is 0 Å². The van der Waals surface area contributed by atoms with Crippen molar-refractivity contribution in [1.82, 2.24) is 0 Å². The van der Waals surface area contributed by atoms with E-state index in [2.05, 4.69) is 10.6 Å². The minimum Gasteiger partial charge on any atom is -0.326 e. The van der Waals surface area contributed by atoms with Gasteiger partial charge in [0.05, 0.1) is 5.75 Å². The van der Waals surface area contributed by atoms with E-state index in [0.29, 0.717) is 10.8 Å². The van der Waals surface area contributed by atoms with Gasteiger partial charge in [-0.25, -0.2) is 0 Å². The molecule has 1 aliphatic rings. The second kappa shape index (κ2) is 7.93. The highest BCUT2D eigenvalue weighted by Gasteiger charge is 2.29. The van der Waals surface area contributed by atoms with Crippen LogP contribution in [0.4, 0.5) is 11.4 Å². The summed E-state index contributed by atoms with van der Waals surface area (Å²) in [5.41, 5.74) is 2.38. The van der Waals surface area contributed by atoms with Gasteiger partial charge in [-0.2, -0.15) is 0 Å². The molecule has 0 spiro atoms. The number of halogens is 1. The van der Waals surface area contributed by atoms with Crippen LogP contribution in [0.2, 0.25) is 5.02 Å². The first-order valence-electron chi connectivity index (χ1n) is 8.11. The number of benzene rings is 2. The third-order valence-corrected chi connectivity index (χ3v) is 5.40. The largest absolute Gasteiger partial charge is 0.326 e. The number of nitrogens with one attached hydrogen (secondary N) is 2. The zero-order chi connectivity index (χ0) is 17.8. The Morgan fingerprint density at radius 3 is 2.52 bits per heavy atom. The summed E-state index contributed by atoms with van der Waals surface area (Å²) in [6.07, 6.45) is 1.97. The number of anilines is 2. The van der Waals surface area contributed by atoms with Crippen LogP contribution < -0.4 is 10.6 Å². The van der Waals surface area contributed by atoms with Crippen LogP contribution in [0.25, 0.3) is 0 Å². The van der Waals surface area contributed by atoms with Crippen LogP contribution in [0.1, 0.15) is 18.4 Å². The van der Waals surface area contributed by atoms with Gasteiger partial charge in [0.2, 0.25) is 11.8 Å². The second-order valence-electron chi connectivity index (χ2n) is 6.04. The molecule has 4 nitrogen and oxygen atoms in total. The molecule has 0 unspecified atom stereocenters.